The van der Waals surface area contributed by atoms with E-state index < -0.39 is 0 Å². The third-order valence-corrected chi connectivity index (χ3v) is 3.91. The zero-order valence-electron chi connectivity index (χ0n) is 13.1. The van der Waals surface area contributed by atoms with Crippen molar-refractivity contribution in [2.24, 2.45) is 10.9 Å². The van der Waals surface area contributed by atoms with Crippen molar-refractivity contribution in [3.05, 3.63) is 24.2 Å². The van der Waals surface area contributed by atoms with Crippen LogP contribution in [0.2, 0.25) is 0 Å². The fraction of sp³-hybridized carbons (Fsp3) is 0.688. The summed E-state index contributed by atoms with van der Waals surface area (Å²) < 4.78 is 5.33. The second-order valence-corrected chi connectivity index (χ2v) is 5.69. The molecule has 0 aliphatic heterocycles. The lowest BCUT2D eigenvalue weighted by Crippen LogP contribution is -2.44. The highest BCUT2D eigenvalue weighted by Gasteiger charge is 2.18. The third kappa shape index (κ3) is 6.72. The Kier molecular flexibility index (Phi) is 8.80. The molecule has 21 heavy (non-hydrogen) atoms. The lowest BCUT2D eigenvalue weighted by molar-refractivity contribution is 0.329. The molecule has 1 aliphatic rings. The van der Waals surface area contributed by atoms with E-state index in [2.05, 4.69) is 29.5 Å². The summed E-state index contributed by atoms with van der Waals surface area (Å²) in [4.78, 5) is 4.64. The Hall–Kier alpha value is -0.720. The van der Waals surface area contributed by atoms with Gasteiger partial charge in [0, 0.05) is 25.6 Å². The van der Waals surface area contributed by atoms with E-state index in [0.29, 0.717) is 6.04 Å². The van der Waals surface area contributed by atoms with Crippen molar-refractivity contribution in [1.29, 1.82) is 0 Å². The topological polar surface area (TPSA) is 49.6 Å². The van der Waals surface area contributed by atoms with Crippen LogP contribution in [0.5, 0.6) is 0 Å². The van der Waals surface area contributed by atoms with E-state index in [4.69, 9.17) is 4.42 Å². The summed E-state index contributed by atoms with van der Waals surface area (Å²) in [6, 6.07) is 4.50. The molecule has 5 heteroatoms. The number of rotatable bonds is 5. The Morgan fingerprint density at radius 2 is 2.10 bits per heavy atom. The van der Waals surface area contributed by atoms with E-state index in [1.54, 1.807) is 6.26 Å². The first-order valence-electron chi connectivity index (χ1n) is 7.85. The van der Waals surface area contributed by atoms with Gasteiger partial charge in [-0.3, -0.25) is 4.99 Å². The molecule has 0 bridgehead atoms. The lowest BCUT2D eigenvalue weighted by atomic mass is 9.87. The van der Waals surface area contributed by atoms with Gasteiger partial charge >= 0.3 is 0 Å². The molecular formula is C16H28IN3O. The maximum Gasteiger partial charge on any atom is 0.191 e. The lowest BCUT2D eigenvalue weighted by Gasteiger charge is -2.28. The summed E-state index contributed by atoms with van der Waals surface area (Å²) >= 11 is 0. The number of nitrogens with one attached hydrogen (secondary N) is 2. The van der Waals surface area contributed by atoms with Crippen LogP contribution in [0.1, 0.15) is 45.3 Å². The molecular weight excluding hydrogens is 377 g/mol. The largest absolute Gasteiger partial charge is 0.469 e. The number of furan rings is 1. The first-order valence-corrected chi connectivity index (χ1v) is 7.85. The SMILES string of the molecule is CCNC(=NCCc1ccco1)NC1CCC(C)CC1.I. The van der Waals surface area contributed by atoms with Crippen LogP contribution in [0.25, 0.3) is 0 Å². The molecule has 0 spiro atoms. The van der Waals surface area contributed by atoms with E-state index in [9.17, 15) is 0 Å². The van der Waals surface area contributed by atoms with Crippen LogP contribution in [-0.2, 0) is 6.42 Å². The smallest absolute Gasteiger partial charge is 0.191 e. The molecule has 1 heterocycles. The van der Waals surface area contributed by atoms with Crippen LogP contribution in [0.3, 0.4) is 0 Å². The van der Waals surface area contributed by atoms with Gasteiger partial charge in [-0.1, -0.05) is 6.92 Å². The first kappa shape index (κ1) is 18.3. The molecule has 2 N–H and O–H groups in total. The Morgan fingerprint density at radius 3 is 2.71 bits per heavy atom. The molecule has 0 amide bonds. The Labute approximate surface area is 145 Å². The van der Waals surface area contributed by atoms with Crippen LogP contribution >= 0.6 is 24.0 Å². The molecule has 1 aromatic rings. The number of nitrogens with zero attached hydrogens (tertiary/aromatic N) is 1. The van der Waals surface area contributed by atoms with Crippen molar-refractivity contribution < 1.29 is 4.42 Å². The second-order valence-electron chi connectivity index (χ2n) is 5.69. The third-order valence-electron chi connectivity index (χ3n) is 3.91. The minimum atomic E-state index is 0. The van der Waals surface area contributed by atoms with Crippen molar-refractivity contribution in [3.8, 4) is 0 Å². The van der Waals surface area contributed by atoms with Crippen molar-refractivity contribution in [1.82, 2.24) is 10.6 Å². The molecule has 0 saturated heterocycles. The van der Waals surface area contributed by atoms with Gasteiger partial charge in [0.2, 0.25) is 0 Å². The molecule has 1 fully saturated rings. The standard InChI is InChI=1S/C16H27N3O.HI/c1-3-17-16(18-11-10-15-5-4-12-20-15)19-14-8-6-13(2)7-9-14;/h4-5,12-14H,3,6-11H2,1-2H3,(H2,17,18,19);1H. The highest BCUT2D eigenvalue weighted by Crippen LogP contribution is 2.23. The average Bonchev–Trinajstić information content (AvgIpc) is 2.95. The Bertz CT molecular complexity index is 398. The van der Waals surface area contributed by atoms with Crippen molar-refractivity contribution in [3.63, 3.8) is 0 Å². The van der Waals surface area contributed by atoms with Gasteiger partial charge in [0.05, 0.1) is 6.26 Å². The molecule has 1 aromatic heterocycles. The molecule has 1 aliphatic carbocycles. The van der Waals surface area contributed by atoms with Crippen molar-refractivity contribution in [2.45, 2.75) is 52.0 Å². The monoisotopic (exact) mass is 405 g/mol. The molecule has 4 nitrogen and oxygen atoms in total. The van der Waals surface area contributed by atoms with Crippen LogP contribution < -0.4 is 10.6 Å². The predicted octanol–water partition coefficient (Wildman–Crippen LogP) is 3.57. The number of guanidine groups is 1. The summed E-state index contributed by atoms with van der Waals surface area (Å²) in [6.45, 7) is 6.10. The summed E-state index contributed by atoms with van der Waals surface area (Å²) in [6.07, 6.45) is 7.72. The van der Waals surface area contributed by atoms with Gasteiger partial charge in [-0.15, -0.1) is 24.0 Å². The van der Waals surface area contributed by atoms with Gasteiger partial charge in [-0.25, -0.2) is 0 Å². The summed E-state index contributed by atoms with van der Waals surface area (Å²) in [5, 5.41) is 6.90. The van der Waals surface area contributed by atoms with Gasteiger partial charge in [0.1, 0.15) is 5.76 Å². The van der Waals surface area contributed by atoms with Gasteiger partial charge in [-0.05, 0) is 50.7 Å². The Balaban J connectivity index is 0.00000220. The number of halogens is 1. The number of hydrogen-bond donors (Lipinski definition) is 2. The summed E-state index contributed by atoms with van der Waals surface area (Å²) in [7, 11) is 0. The Morgan fingerprint density at radius 1 is 1.33 bits per heavy atom. The number of hydrogen-bond acceptors (Lipinski definition) is 2. The van der Waals surface area contributed by atoms with E-state index in [0.717, 1.165) is 37.1 Å². The fourth-order valence-electron chi connectivity index (χ4n) is 2.65. The van der Waals surface area contributed by atoms with E-state index >= 15 is 0 Å². The second kappa shape index (κ2) is 10.1. The highest BCUT2D eigenvalue weighted by atomic mass is 127. The van der Waals surface area contributed by atoms with E-state index in [1.165, 1.54) is 25.7 Å². The van der Waals surface area contributed by atoms with Crippen LogP contribution in [0, 0.1) is 5.92 Å². The van der Waals surface area contributed by atoms with Crippen molar-refractivity contribution in [2.75, 3.05) is 13.1 Å². The minimum Gasteiger partial charge on any atom is -0.469 e. The minimum absolute atomic E-state index is 0. The molecule has 1 saturated carbocycles. The molecule has 0 radical (unpaired) electrons. The predicted molar refractivity (Wildman–Crippen MR) is 98.4 cm³/mol. The van der Waals surface area contributed by atoms with Crippen LogP contribution in [0.4, 0.5) is 0 Å². The summed E-state index contributed by atoms with van der Waals surface area (Å²) in [5.41, 5.74) is 0. The zero-order valence-corrected chi connectivity index (χ0v) is 15.4. The van der Waals surface area contributed by atoms with Gasteiger partial charge < -0.3 is 15.1 Å². The average molecular weight is 405 g/mol. The van der Waals surface area contributed by atoms with Crippen molar-refractivity contribution >= 4 is 29.9 Å². The fourth-order valence-corrected chi connectivity index (χ4v) is 2.65. The molecule has 0 atom stereocenters. The van der Waals surface area contributed by atoms with Gasteiger partial charge in [0.25, 0.3) is 0 Å². The first-order chi connectivity index (χ1) is 9.78. The number of aliphatic imine (C=N–C) groups is 1. The molecule has 0 unspecified atom stereocenters. The molecule has 2 rings (SSSR count). The van der Waals surface area contributed by atoms with Gasteiger partial charge in [-0.2, -0.15) is 0 Å². The quantitative estimate of drug-likeness (QED) is 0.447. The zero-order chi connectivity index (χ0) is 14.2. The van der Waals surface area contributed by atoms with Crippen LogP contribution in [0.15, 0.2) is 27.8 Å². The van der Waals surface area contributed by atoms with Gasteiger partial charge in [0.15, 0.2) is 5.96 Å². The summed E-state index contributed by atoms with van der Waals surface area (Å²) in [5.74, 6) is 2.82. The maximum atomic E-state index is 5.33. The van der Waals surface area contributed by atoms with Crippen LogP contribution in [-0.4, -0.2) is 25.1 Å². The van der Waals surface area contributed by atoms with E-state index in [-0.39, 0.29) is 24.0 Å². The van der Waals surface area contributed by atoms with E-state index in [1.807, 2.05) is 12.1 Å². The highest BCUT2D eigenvalue weighted by molar-refractivity contribution is 14.0. The maximum absolute atomic E-state index is 5.33. The molecule has 120 valence electrons. The normalized spacial score (nSPS) is 22.5. The molecule has 0 aromatic carbocycles.